The van der Waals surface area contributed by atoms with Gasteiger partial charge in [0, 0.05) is 18.8 Å². The fourth-order valence-electron chi connectivity index (χ4n) is 1.14. The molecule has 0 bridgehead atoms. The smallest absolute Gasteiger partial charge is 0.250 e. The lowest BCUT2D eigenvalue weighted by molar-refractivity contribution is 0.586. The van der Waals surface area contributed by atoms with E-state index in [0.29, 0.717) is 17.3 Å². The van der Waals surface area contributed by atoms with E-state index in [4.69, 9.17) is 0 Å². The molecule has 0 saturated heterocycles. The van der Waals surface area contributed by atoms with E-state index in [2.05, 4.69) is 10.0 Å². The van der Waals surface area contributed by atoms with Crippen molar-refractivity contribution >= 4 is 33.1 Å². The molecule has 0 aliphatic carbocycles. The van der Waals surface area contributed by atoms with Gasteiger partial charge < -0.3 is 5.32 Å². The summed E-state index contributed by atoms with van der Waals surface area (Å²) in [6.45, 7) is 1.17. The topological polar surface area (TPSA) is 58.2 Å². The number of hydrogen-bond donors (Lipinski definition) is 2. The first-order valence-corrected chi connectivity index (χ1v) is 8.56. The summed E-state index contributed by atoms with van der Waals surface area (Å²) in [7, 11) is -1.47. The van der Waals surface area contributed by atoms with Crippen molar-refractivity contribution in [2.24, 2.45) is 0 Å². The highest BCUT2D eigenvalue weighted by Gasteiger charge is 2.15. The average molecular weight is 280 g/mol. The van der Waals surface area contributed by atoms with Crippen LogP contribution in [-0.2, 0) is 16.6 Å². The van der Waals surface area contributed by atoms with Gasteiger partial charge in [0.05, 0.1) is 0 Å². The fraction of sp³-hybridized carbons (Fsp3) is 0.556. The molecule has 0 aliphatic rings. The van der Waals surface area contributed by atoms with Crippen molar-refractivity contribution in [1.82, 2.24) is 10.0 Å². The van der Waals surface area contributed by atoms with Crippen LogP contribution in [0.3, 0.4) is 0 Å². The molecule has 0 unspecified atom stereocenters. The second-order valence-corrected chi connectivity index (χ2v) is 7.09. The SMILES string of the molecule is CNCc1csc(S(=O)(=O)NCCSC)c1. The van der Waals surface area contributed by atoms with Crippen LogP contribution < -0.4 is 10.0 Å². The van der Waals surface area contributed by atoms with Gasteiger partial charge in [-0.1, -0.05) is 0 Å². The van der Waals surface area contributed by atoms with Crippen molar-refractivity contribution in [1.29, 1.82) is 0 Å². The van der Waals surface area contributed by atoms with Crippen LogP contribution >= 0.6 is 23.1 Å². The molecule has 1 aromatic heterocycles. The fourth-order valence-corrected chi connectivity index (χ4v) is 3.86. The summed E-state index contributed by atoms with van der Waals surface area (Å²) in [6, 6.07) is 1.71. The van der Waals surface area contributed by atoms with E-state index in [1.165, 1.54) is 11.3 Å². The van der Waals surface area contributed by atoms with Gasteiger partial charge in [0.15, 0.2) is 0 Å². The predicted octanol–water partition coefficient (Wildman–Crippen LogP) is 1.11. The van der Waals surface area contributed by atoms with Crippen LogP contribution in [0.5, 0.6) is 0 Å². The molecule has 0 atom stereocenters. The Kier molecular flexibility index (Phi) is 5.77. The number of sulfonamides is 1. The van der Waals surface area contributed by atoms with Crippen molar-refractivity contribution in [3.8, 4) is 0 Å². The second kappa shape index (κ2) is 6.61. The van der Waals surface area contributed by atoms with Crippen molar-refractivity contribution < 1.29 is 8.42 Å². The summed E-state index contributed by atoms with van der Waals surface area (Å²) in [5, 5.41) is 4.85. The maximum Gasteiger partial charge on any atom is 0.250 e. The van der Waals surface area contributed by atoms with Crippen LogP contribution in [0, 0.1) is 0 Å². The summed E-state index contributed by atoms with van der Waals surface area (Å²) in [6.07, 6.45) is 1.95. The molecule has 0 radical (unpaired) electrons. The second-order valence-electron chi connectivity index (χ2n) is 3.19. The van der Waals surface area contributed by atoms with Gasteiger partial charge in [-0.2, -0.15) is 11.8 Å². The van der Waals surface area contributed by atoms with Crippen LogP contribution in [-0.4, -0.2) is 34.0 Å². The van der Waals surface area contributed by atoms with Gasteiger partial charge in [-0.15, -0.1) is 11.3 Å². The first-order chi connectivity index (χ1) is 7.60. The molecule has 1 heterocycles. The Morgan fingerprint density at radius 3 is 2.88 bits per heavy atom. The molecule has 0 fully saturated rings. The van der Waals surface area contributed by atoms with Gasteiger partial charge in [-0.25, -0.2) is 13.1 Å². The van der Waals surface area contributed by atoms with E-state index in [1.54, 1.807) is 17.8 Å². The highest BCUT2D eigenvalue weighted by Crippen LogP contribution is 2.19. The zero-order valence-electron chi connectivity index (χ0n) is 9.32. The van der Waals surface area contributed by atoms with Crippen molar-refractivity contribution in [2.75, 3.05) is 25.6 Å². The molecule has 4 nitrogen and oxygen atoms in total. The molecule has 16 heavy (non-hydrogen) atoms. The quantitative estimate of drug-likeness (QED) is 0.735. The molecule has 7 heteroatoms. The lowest BCUT2D eigenvalue weighted by Crippen LogP contribution is -2.25. The number of hydrogen-bond acceptors (Lipinski definition) is 5. The Morgan fingerprint density at radius 2 is 2.25 bits per heavy atom. The van der Waals surface area contributed by atoms with E-state index in [1.807, 2.05) is 18.7 Å². The third-order valence-electron chi connectivity index (χ3n) is 1.87. The van der Waals surface area contributed by atoms with Gasteiger partial charge in [0.1, 0.15) is 4.21 Å². The molecular formula is C9H16N2O2S3. The van der Waals surface area contributed by atoms with Crippen molar-refractivity contribution in [3.63, 3.8) is 0 Å². The van der Waals surface area contributed by atoms with Gasteiger partial charge >= 0.3 is 0 Å². The maximum atomic E-state index is 11.8. The van der Waals surface area contributed by atoms with Crippen LogP contribution in [0.15, 0.2) is 15.7 Å². The minimum absolute atomic E-state index is 0.388. The molecule has 2 N–H and O–H groups in total. The Balaban J connectivity index is 2.66. The molecular weight excluding hydrogens is 264 g/mol. The highest BCUT2D eigenvalue weighted by molar-refractivity contribution is 7.98. The van der Waals surface area contributed by atoms with Gasteiger partial charge in [0.25, 0.3) is 0 Å². The van der Waals surface area contributed by atoms with E-state index >= 15 is 0 Å². The molecule has 92 valence electrons. The molecule has 0 aliphatic heterocycles. The number of rotatable bonds is 7. The number of nitrogens with one attached hydrogen (secondary N) is 2. The van der Waals surface area contributed by atoms with E-state index in [0.717, 1.165) is 11.3 Å². The number of thioether (sulfide) groups is 1. The minimum atomic E-state index is -3.30. The van der Waals surface area contributed by atoms with E-state index < -0.39 is 10.0 Å². The summed E-state index contributed by atoms with van der Waals surface area (Å²) >= 11 is 2.87. The third kappa shape index (κ3) is 4.06. The Hall–Kier alpha value is -0.0800. The molecule has 1 rings (SSSR count). The van der Waals surface area contributed by atoms with Gasteiger partial charge in [-0.3, -0.25) is 0 Å². The summed E-state index contributed by atoms with van der Waals surface area (Å²) < 4.78 is 26.5. The molecule has 0 aromatic carbocycles. The monoisotopic (exact) mass is 280 g/mol. The van der Waals surface area contributed by atoms with E-state index in [9.17, 15) is 8.42 Å². The van der Waals surface area contributed by atoms with Crippen LogP contribution in [0.4, 0.5) is 0 Å². The van der Waals surface area contributed by atoms with Gasteiger partial charge in [0.2, 0.25) is 10.0 Å². The molecule has 1 aromatic rings. The van der Waals surface area contributed by atoms with Crippen molar-refractivity contribution in [2.45, 2.75) is 10.8 Å². The number of thiophene rings is 1. The lowest BCUT2D eigenvalue weighted by Gasteiger charge is -2.02. The van der Waals surface area contributed by atoms with Crippen LogP contribution in [0.1, 0.15) is 5.56 Å². The maximum absolute atomic E-state index is 11.8. The largest absolute Gasteiger partial charge is 0.316 e. The first-order valence-electron chi connectivity index (χ1n) is 4.81. The minimum Gasteiger partial charge on any atom is -0.316 e. The lowest BCUT2D eigenvalue weighted by atomic mass is 10.3. The molecule has 0 amide bonds. The van der Waals surface area contributed by atoms with Crippen molar-refractivity contribution in [3.05, 3.63) is 17.0 Å². The molecule has 0 spiro atoms. The van der Waals surface area contributed by atoms with Gasteiger partial charge in [-0.05, 0) is 30.3 Å². The Morgan fingerprint density at radius 1 is 1.50 bits per heavy atom. The summed E-state index contributed by atoms with van der Waals surface area (Å²) in [5.74, 6) is 0.786. The zero-order valence-corrected chi connectivity index (χ0v) is 11.8. The standard InChI is InChI=1S/C9H16N2O2S3/c1-10-6-8-5-9(15-7-8)16(12,13)11-3-4-14-2/h5,7,10-11H,3-4,6H2,1-2H3. The predicted molar refractivity (Wildman–Crippen MR) is 70.7 cm³/mol. The zero-order chi connectivity index (χ0) is 12.0. The summed E-state index contributed by atoms with van der Waals surface area (Å²) in [4.78, 5) is 0. The molecule has 0 saturated carbocycles. The van der Waals surface area contributed by atoms with E-state index in [-0.39, 0.29) is 0 Å². The average Bonchev–Trinajstić information content (AvgIpc) is 2.68. The summed E-state index contributed by atoms with van der Waals surface area (Å²) in [5.41, 5.74) is 0.998. The first kappa shape index (κ1) is 14.0. The Bertz CT molecular complexity index is 414. The normalized spacial score (nSPS) is 11.9. The van der Waals surface area contributed by atoms with Crippen LogP contribution in [0.2, 0.25) is 0 Å². The highest BCUT2D eigenvalue weighted by atomic mass is 32.2. The third-order valence-corrected chi connectivity index (χ3v) is 5.44. The van der Waals surface area contributed by atoms with Crippen LogP contribution in [0.25, 0.3) is 0 Å². The Labute approximate surface area is 105 Å².